The number of alkyl halides is 1. The first-order chi connectivity index (χ1) is 9.52. The van der Waals surface area contributed by atoms with Gasteiger partial charge in [0.25, 0.3) is 15.7 Å². The van der Waals surface area contributed by atoms with Gasteiger partial charge in [-0.15, -0.1) is 22.9 Å². The van der Waals surface area contributed by atoms with Gasteiger partial charge < -0.3 is 0 Å². The van der Waals surface area contributed by atoms with E-state index in [-0.39, 0.29) is 14.3 Å². The lowest BCUT2D eigenvalue weighted by Gasteiger charge is -2.13. The molecule has 2 rings (SSSR count). The van der Waals surface area contributed by atoms with E-state index >= 15 is 0 Å². The largest absolute Gasteiger partial charge is 0.300 e. The summed E-state index contributed by atoms with van der Waals surface area (Å²) < 4.78 is 48.5. The fraction of sp³-hybridized carbons (Fsp3) is 0.500. The van der Waals surface area contributed by atoms with Crippen LogP contribution in [0.2, 0.25) is 4.34 Å². The molecule has 1 N–H and O–H groups in total. The van der Waals surface area contributed by atoms with Crippen molar-refractivity contribution in [1.82, 2.24) is 4.72 Å². The van der Waals surface area contributed by atoms with Crippen LogP contribution >= 0.6 is 34.5 Å². The Balaban J connectivity index is 2.27. The van der Waals surface area contributed by atoms with Crippen molar-refractivity contribution >= 4 is 60.1 Å². The van der Waals surface area contributed by atoms with Gasteiger partial charge in [-0.1, -0.05) is 11.6 Å². The molecule has 1 aromatic rings. The van der Waals surface area contributed by atoms with Gasteiger partial charge in [0.1, 0.15) is 4.21 Å². The van der Waals surface area contributed by atoms with Gasteiger partial charge in [-0.2, -0.15) is 0 Å². The minimum absolute atomic E-state index is 0.276. The van der Waals surface area contributed by atoms with Gasteiger partial charge >= 0.3 is 0 Å². The standard InChI is InChI=1S/C8H8Cl2N2O6S3/c9-4-2-20(15,16)3-5(4)11-21(17,18)7-1-6(12(13)14)8(10)19-7/h1,4-5,11H,2-3H2. The Labute approximate surface area is 134 Å². The molecule has 1 aromatic heterocycles. The second kappa shape index (κ2) is 5.63. The van der Waals surface area contributed by atoms with E-state index < -0.39 is 47.6 Å². The summed E-state index contributed by atoms with van der Waals surface area (Å²) in [5.41, 5.74) is -0.525. The third-order valence-corrected chi connectivity index (χ3v) is 8.37. The van der Waals surface area contributed by atoms with E-state index in [1.165, 1.54) is 0 Å². The van der Waals surface area contributed by atoms with E-state index in [9.17, 15) is 26.9 Å². The second-order valence-electron chi connectivity index (χ2n) is 4.30. The summed E-state index contributed by atoms with van der Waals surface area (Å²) in [6, 6.07) is -0.163. The first-order valence-electron chi connectivity index (χ1n) is 5.32. The lowest BCUT2D eigenvalue weighted by Crippen LogP contribution is -2.40. The van der Waals surface area contributed by atoms with Crippen molar-refractivity contribution in [3.63, 3.8) is 0 Å². The molecule has 8 nitrogen and oxygen atoms in total. The molecule has 1 saturated heterocycles. The molecule has 0 aromatic carbocycles. The number of nitro groups is 1. The summed E-state index contributed by atoms with van der Waals surface area (Å²) in [4.78, 5) is 9.85. The molecule has 2 unspecified atom stereocenters. The zero-order valence-electron chi connectivity index (χ0n) is 10.0. The summed E-state index contributed by atoms with van der Waals surface area (Å²) in [5.74, 6) is -0.741. The van der Waals surface area contributed by atoms with Crippen molar-refractivity contribution in [3.05, 3.63) is 20.5 Å². The van der Waals surface area contributed by atoms with Crippen LogP contribution in [0.4, 0.5) is 5.69 Å². The van der Waals surface area contributed by atoms with E-state index in [1.54, 1.807) is 0 Å². The summed E-state index contributed by atoms with van der Waals surface area (Å²) in [7, 11) is -7.54. The molecular weight excluding hydrogens is 387 g/mol. The van der Waals surface area contributed by atoms with Crippen molar-refractivity contribution < 1.29 is 21.8 Å². The first kappa shape index (κ1) is 16.9. The summed E-state index contributed by atoms with van der Waals surface area (Å²) >= 11 is 11.9. The van der Waals surface area contributed by atoms with E-state index in [4.69, 9.17) is 23.2 Å². The minimum Gasteiger partial charge on any atom is -0.258 e. The summed E-state index contributed by atoms with van der Waals surface area (Å²) in [6.45, 7) is 0. The highest BCUT2D eigenvalue weighted by Crippen LogP contribution is 2.36. The number of halogens is 2. The molecule has 0 bridgehead atoms. The predicted molar refractivity (Wildman–Crippen MR) is 78.4 cm³/mol. The molecule has 2 heterocycles. The van der Waals surface area contributed by atoms with Crippen LogP contribution < -0.4 is 4.72 Å². The van der Waals surface area contributed by atoms with Crippen LogP contribution in [-0.2, 0) is 19.9 Å². The van der Waals surface area contributed by atoms with Crippen LogP contribution in [0.3, 0.4) is 0 Å². The molecule has 0 radical (unpaired) electrons. The molecular formula is C8H8Cl2N2O6S3. The van der Waals surface area contributed by atoms with E-state index in [0.29, 0.717) is 11.3 Å². The Morgan fingerprint density at radius 1 is 1.43 bits per heavy atom. The van der Waals surface area contributed by atoms with Crippen molar-refractivity contribution in [2.75, 3.05) is 11.5 Å². The Bertz CT molecular complexity index is 787. The number of nitrogens with one attached hydrogen (secondary N) is 1. The molecule has 118 valence electrons. The SMILES string of the molecule is O=[N+]([O-])c1cc(S(=O)(=O)NC2CS(=O)(=O)CC2Cl)sc1Cl. The molecule has 1 aliphatic rings. The average molecular weight is 395 g/mol. The molecule has 1 fully saturated rings. The Hall–Kier alpha value is -0.460. The van der Waals surface area contributed by atoms with Crippen LogP contribution in [0.5, 0.6) is 0 Å². The lowest BCUT2D eigenvalue weighted by atomic mass is 10.3. The highest BCUT2D eigenvalue weighted by molar-refractivity contribution is 7.92. The highest BCUT2D eigenvalue weighted by atomic mass is 35.5. The van der Waals surface area contributed by atoms with Gasteiger partial charge in [-0.3, -0.25) is 10.1 Å². The topological polar surface area (TPSA) is 123 Å². The molecule has 1 aliphatic heterocycles. The third kappa shape index (κ3) is 3.66. The van der Waals surface area contributed by atoms with Crippen LogP contribution in [0.1, 0.15) is 0 Å². The van der Waals surface area contributed by atoms with E-state index in [1.807, 2.05) is 0 Å². The molecule has 0 aliphatic carbocycles. The van der Waals surface area contributed by atoms with Crippen molar-refractivity contribution in [3.8, 4) is 0 Å². The fourth-order valence-electron chi connectivity index (χ4n) is 1.77. The smallest absolute Gasteiger partial charge is 0.258 e. The number of nitrogens with zero attached hydrogens (tertiary/aromatic N) is 1. The average Bonchev–Trinajstić information content (AvgIpc) is 2.79. The molecule has 0 spiro atoms. The van der Waals surface area contributed by atoms with Gasteiger partial charge in [0.2, 0.25) is 0 Å². The molecule has 13 heteroatoms. The van der Waals surface area contributed by atoms with Crippen LogP contribution in [0.25, 0.3) is 0 Å². The number of sulfone groups is 1. The van der Waals surface area contributed by atoms with Gasteiger partial charge in [-0.25, -0.2) is 21.6 Å². The lowest BCUT2D eigenvalue weighted by molar-refractivity contribution is -0.384. The Morgan fingerprint density at radius 2 is 2.05 bits per heavy atom. The predicted octanol–water partition coefficient (Wildman–Crippen LogP) is 0.992. The Morgan fingerprint density at radius 3 is 2.48 bits per heavy atom. The number of sulfonamides is 1. The molecule has 2 atom stereocenters. The number of rotatable bonds is 4. The summed E-state index contributed by atoms with van der Waals surface area (Å²) in [5, 5.41) is 9.76. The van der Waals surface area contributed by atoms with Gasteiger partial charge in [0, 0.05) is 6.07 Å². The maximum atomic E-state index is 12.1. The van der Waals surface area contributed by atoms with E-state index in [2.05, 4.69) is 4.72 Å². The normalized spacial score (nSPS) is 25.0. The Kier molecular flexibility index (Phi) is 4.53. The van der Waals surface area contributed by atoms with Crippen molar-refractivity contribution in [2.45, 2.75) is 15.6 Å². The van der Waals surface area contributed by atoms with Crippen LogP contribution in [0.15, 0.2) is 10.3 Å². The first-order valence-corrected chi connectivity index (χ1v) is 10.3. The molecule has 21 heavy (non-hydrogen) atoms. The maximum absolute atomic E-state index is 12.1. The number of thiophene rings is 1. The van der Waals surface area contributed by atoms with Crippen molar-refractivity contribution in [2.24, 2.45) is 0 Å². The second-order valence-corrected chi connectivity index (χ2v) is 10.6. The number of hydrogen-bond acceptors (Lipinski definition) is 7. The monoisotopic (exact) mass is 394 g/mol. The van der Waals surface area contributed by atoms with Gasteiger partial charge in [0.05, 0.1) is 27.8 Å². The maximum Gasteiger partial charge on any atom is 0.300 e. The molecule has 0 saturated carbocycles. The van der Waals surface area contributed by atoms with Crippen LogP contribution in [-0.4, -0.2) is 44.7 Å². The number of hydrogen-bond donors (Lipinski definition) is 1. The van der Waals surface area contributed by atoms with E-state index in [0.717, 1.165) is 6.07 Å². The zero-order valence-corrected chi connectivity index (χ0v) is 14.0. The zero-order chi connectivity index (χ0) is 16.0. The minimum atomic E-state index is -4.13. The quantitative estimate of drug-likeness (QED) is 0.461. The van der Waals surface area contributed by atoms with Crippen LogP contribution in [0, 0.1) is 10.1 Å². The molecule has 0 amide bonds. The summed E-state index contributed by atoms with van der Waals surface area (Å²) in [6.07, 6.45) is 0. The van der Waals surface area contributed by atoms with Gasteiger partial charge in [-0.05, 0) is 0 Å². The van der Waals surface area contributed by atoms with Gasteiger partial charge in [0.15, 0.2) is 14.2 Å². The van der Waals surface area contributed by atoms with Crippen molar-refractivity contribution in [1.29, 1.82) is 0 Å². The third-order valence-electron chi connectivity index (χ3n) is 2.70. The highest BCUT2D eigenvalue weighted by Gasteiger charge is 2.39. The fourth-order valence-corrected chi connectivity index (χ4v) is 7.45.